The van der Waals surface area contributed by atoms with Gasteiger partial charge in [-0.25, -0.2) is 4.98 Å². The summed E-state index contributed by atoms with van der Waals surface area (Å²) in [5, 5.41) is 6.18. The Balaban J connectivity index is 1.51. The lowest BCUT2D eigenvalue weighted by atomic mass is 9.99. The predicted molar refractivity (Wildman–Crippen MR) is 130 cm³/mol. The lowest BCUT2D eigenvalue weighted by molar-refractivity contribution is 0.0971. The van der Waals surface area contributed by atoms with Gasteiger partial charge in [-0.15, -0.1) is 0 Å². The highest BCUT2D eigenvalue weighted by Crippen LogP contribution is 2.24. The number of hydrogen-bond donors (Lipinski definition) is 3. The molecule has 1 fully saturated rings. The van der Waals surface area contributed by atoms with E-state index in [4.69, 9.17) is 10.5 Å². The van der Waals surface area contributed by atoms with E-state index in [1.54, 1.807) is 16.7 Å². The van der Waals surface area contributed by atoms with Gasteiger partial charge in [0, 0.05) is 10.2 Å². The predicted octanol–water partition coefficient (Wildman–Crippen LogP) is 3.67. The molecule has 0 aliphatic carbocycles. The first-order chi connectivity index (χ1) is 15.9. The number of aryl methyl sites for hydroxylation is 1. The third kappa shape index (κ3) is 5.43. The van der Waals surface area contributed by atoms with Gasteiger partial charge in [0.25, 0.3) is 11.8 Å². The number of nitrogens with zero attached hydrogens (tertiary/aromatic N) is 2. The maximum absolute atomic E-state index is 13.2. The number of primary amides is 1. The van der Waals surface area contributed by atoms with Gasteiger partial charge in [0.2, 0.25) is 0 Å². The maximum Gasteiger partial charge on any atom is 0.275 e. The van der Waals surface area contributed by atoms with Crippen LogP contribution < -0.4 is 21.1 Å². The molecular weight excluding hydrogens is 486 g/mol. The summed E-state index contributed by atoms with van der Waals surface area (Å²) in [5.74, 6) is 0.0519. The van der Waals surface area contributed by atoms with Crippen LogP contribution in [0.5, 0.6) is 5.75 Å². The van der Waals surface area contributed by atoms with E-state index < -0.39 is 11.8 Å². The maximum atomic E-state index is 13.2. The number of ether oxygens (including phenoxy) is 1. The fourth-order valence-electron chi connectivity index (χ4n) is 3.86. The molecule has 0 bridgehead atoms. The van der Waals surface area contributed by atoms with Crippen molar-refractivity contribution in [3.05, 3.63) is 70.2 Å². The highest BCUT2D eigenvalue weighted by molar-refractivity contribution is 9.10. The number of nitrogens with one attached hydrogen (secondary N) is 2. The molecule has 3 aromatic rings. The number of carbonyl (C=O) groups excluding carboxylic acids is 2. The van der Waals surface area contributed by atoms with Crippen molar-refractivity contribution in [1.82, 2.24) is 14.9 Å². The molecule has 172 valence electrons. The van der Waals surface area contributed by atoms with Crippen molar-refractivity contribution in [2.75, 3.05) is 25.0 Å². The van der Waals surface area contributed by atoms with E-state index in [1.165, 1.54) is 6.33 Å². The highest BCUT2D eigenvalue weighted by Gasteiger charge is 2.24. The average molecular weight is 512 g/mol. The van der Waals surface area contributed by atoms with Crippen molar-refractivity contribution in [3.63, 3.8) is 0 Å². The molecule has 4 rings (SSSR count). The van der Waals surface area contributed by atoms with Crippen LogP contribution in [0.25, 0.3) is 5.69 Å². The van der Waals surface area contributed by atoms with Crippen LogP contribution in [0.2, 0.25) is 0 Å². The largest absolute Gasteiger partial charge is 0.493 e. The van der Waals surface area contributed by atoms with E-state index in [0.717, 1.165) is 47.4 Å². The van der Waals surface area contributed by atoms with Gasteiger partial charge in [0.1, 0.15) is 17.8 Å². The molecule has 2 amide bonds. The summed E-state index contributed by atoms with van der Waals surface area (Å²) in [6, 6.07) is 12.8. The molecule has 4 N–H and O–H groups in total. The molecule has 2 heterocycles. The number of piperidine rings is 1. The summed E-state index contributed by atoms with van der Waals surface area (Å²) in [6.45, 7) is 4.65. The molecular formula is C24H26BrN5O3. The standard InChI is InChI=1S/C24H26BrN5O3/c1-15-2-3-17(25)12-20(15)30-14-28-21(23(26)31)22(30)24(32)29-18-4-6-19(7-5-18)33-13-16-8-10-27-11-9-16/h2-7,12,14,16,27H,8-11,13H2,1H3,(H2,26,31)(H,29,32). The number of hydrogen-bond acceptors (Lipinski definition) is 5. The van der Waals surface area contributed by atoms with E-state index in [2.05, 4.69) is 31.5 Å². The zero-order valence-corrected chi connectivity index (χ0v) is 19.9. The SMILES string of the molecule is Cc1ccc(Br)cc1-n1cnc(C(N)=O)c1C(=O)Nc1ccc(OCC2CCNCC2)cc1. The van der Waals surface area contributed by atoms with Crippen molar-refractivity contribution in [3.8, 4) is 11.4 Å². The lowest BCUT2D eigenvalue weighted by Gasteiger charge is -2.22. The van der Waals surface area contributed by atoms with Gasteiger partial charge >= 0.3 is 0 Å². The number of aromatic nitrogens is 2. The van der Waals surface area contributed by atoms with Gasteiger partial charge in [0.05, 0.1) is 12.3 Å². The number of rotatable bonds is 7. The fourth-order valence-corrected chi connectivity index (χ4v) is 4.21. The van der Waals surface area contributed by atoms with E-state index in [9.17, 15) is 9.59 Å². The third-order valence-electron chi connectivity index (χ3n) is 5.70. The van der Waals surface area contributed by atoms with E-state index >= 15 is 0 Å². The smallest absolute Gasteiger partial charge is 0.275 e. The summed E-state index contributed by atoms with van der Waals surface area (Å²) in [7, 11) is 0. The van der Waals surface area contributed by atoms with Crippen molar-refractivity contribution >= 4 is 33.4 Å². The topological polar surface area (TPSA) is 111 Å². The molecule has 0 unspecified atom stereocenters. The van der Waals surface area contributed by atoms with Crippen LogP contribution in [0.15, 0.2) is 53.3 Å². The zero-order valence-electron chi connectivity index (χ0n) is 18.3. The average Bonchev–Trinajstić information content (AvgIpc) is 3.26. The molecule has 1 saturated heterocycles. The Morgan fingerprint density at radius 2 is 1.94 bits per heavy atom. The Hall–Kier alpha value is -3.17. The molecule has 9 heteroatoms. The third-order valence-corrected chi connectivity index (χ3v) is 6.20. The molecule has 33 heavy (non-hydrogen) atoms. The molecule has 1 aliphatic heterocycles. The Morgan fingerprint density at radius 1 is 1.21 bits per heavy atom. The molecule has 0 saturated carbocycles. The van der Waals surface area contributed by atoms with E-state index in [-0.39, 0.29) is 11.4 Å². The van der Waals surface area contributed by atoms with Crippen molar-refractivity contribution in [1.29, 1.82) is 0 Å². The summed E-state index contributed by atoms with van der Waals surface area (Å²) in [4.78, 5) is 29.2. The minimum absolute atomic E-state index is 0.0786. The van der Waals surface area contributed by atoms with Crippen molar-refractivity contribution < 1.29 is 14.3 Å². The highest BCUT2D eigenvalue weighted by atomic mass is 79.9. The monoisotopic (exact) mass is 511 g/mol. The van der Waals surface area contributed by atoms with Crippen LogP contribution in [0, 0.1) is 12.8 Å². The first-order valence-corrected chi connectivity index (χ1v) is 11.6. The second-order valence-electron chi connectivity index (χ2n) is 8.09. The summed E-state index contributed by atoms with van der Waals surface area (Å²) >= 11 is 3.45. The minimum Gasteiger partial charge on any atom is -0.493 e. The van der Waals surface area contributed by atoms with Crippen molar-refractivity contribution in [2.45, 2.75) is 19.8 Å². The number of carbonyl (C=O) groups is 2. The molecule has 1 aromatic heterocycles. The van der Waals surface area contributed by atoms with Crippen LogP contribution in [0.1, 0.15) is 39.4 Å². The van der Waals surface area contributed by atoms with Gasteiger partial charge in [0.15, 0.2) is 5.69 Å². The van der Waals surface area contributed by atoms with E-state index in [1.807, 2.05) is 37.3 Å². The summed E-state index contributed by atoms with van der Waals surface area (Å²) in [5.41, 5.74) is 7.69. The van der Waals surface area contributed by atoms with Crippen LogP contribution in [-0.4, -0.2) is 41.1 Å². The fraction of sp³-hybridized carbons (Fsp3) is 0.292. The van der Waals surface area contributed by atoms with Crippen LogP contribution in [0.4, 0.5) is 5.69 Å². The van der Waals surface area contributed by atoms with Gasteiger partial charge < -0.3 is 21.1 Å². The first kappa shape index (κ1) is 23.0. The molecule has 1 aliphatic rings. The van der Waals surface area contributed by atoms with Crippen LogP contribution in [-0.2, 0) is 0 Å². The van der Waals surface area contributed by atoms with Gasteiger partial charge in [-0.1, -0.05) is 22.0 Å². The number of imidazole rings is 1. The van der Waals surface area contributed by atoms with Gasteiger partial charge in [-0.05, 0) is 80.7 Å². The molecule has 0 atom stereocenters. The summed E-state index contributed by atoms with van der Waals surface area (Å²) in [6.07, 6.45) is 3.66. The number of nitrogens with two attached hydrogens (primary N) is 1. The molecule has 0 spiro atoms. The Kier molecular flexibility index (Phi) is 7.10. The second kappa shape index (κ2) is 10.2. The Morgan fingerprint density at radius 3 is 2.64 bits per heavy atom. The molecule has 0 radical (unpaired) electrons. The normalized spacial score (nSPS) is 14.1. The van der Waals surface area contributed by atoms with Crippen LogP contribution >= 0.6 is 15.9 Å². The minimum atomic E-state index is -0.770. The molecule has 2 aromatic carbocycles. The Bertz CT molecular complexity index is 1150. The second-order valence-corrected chi connectivity index (χ2v) is 9.01. The number of halogens is 1. The first-order valence-electron chi connectivity index (χ1n) is 10.8. The van der Waals surface area contributed by atoms with Crippen LogP contribution in [0.3, 0.4) is 0 Å². The zero-order chi connectivity index (χ0) is 23.4. The van der Waals surface area contributed by atoms with Gasteiger partial charge in [-0.3, -0.25) is 14.2 Å². The van der Waals surface area contributed by atoms with E-state index in [0.29, 0.717) is 18.2 Å². The van der Waals surface area contributed by atoms with Gasteiger partial charge in [-0.2, -0.15) is 0 Å². The van der Waals surface area contributed by atoms with Crippen molar-refractivity contribution in [2.24, 2.45) is 11.7 Å². The quantitative estimate of drug-likeness (QED) is 0.448. The summed E-state index contributed by atoms with van der Waals surface area (Å²) < 4.78 is 8.32. The number of anilines is 1. The number of benzene rings is 2. The number of amides is 2. The molecule has 8 nitrogen and oxygen atoms in total. The Labute approximate surface area is 200 Å². The lowest BCUT2D eigenvalue weighted by Crippen LogP contribution is -2.30.